The molecule has 18 heavy (non-hydrogen) atoms. The molecule has 0 radical (unpaired) electrons. The van der Waals surface area contributed by atoms with E-state index < -0.39 is 0 Å². The summed E-state index contributed by atoms with van der Waals surface area (Å²) in [6, 6.07) is 0. The molecule has 3 heteroatoms. The summed E-state index contributed by atoms with van der Waals surface area (Å²) in [5, 5.41) is 4.25. The molecule has 0 saturated heterocycles. The Morgan fingerprint density at radius 3 is 2.44 bits per heavy atom. The van der Waals surface area contributed by atoms with Gasteiger partial charge in [0.15, 0.2) is 0 Å². The number of aromatic nitrogens is 2. The van der Waals surface area contributed by atoms with Crippen molar-refractivity contribution in [1.82, 2.24) is 9.97 Å². The van der Waals surface area contributed by atoms with Crippen LogP contribution < -0.4 is 0 Å². The number of nitrogens with zero attached hydrogens (tertiary/aromatic N) is 1. The average Bonchev–Trinajstić information content (AvgIpc) is 2.93. The second-order valence-corrected chi connectivity index (χ2v) is 5.82. The Labute approximate surface area is 114 Å². The van der Waals surface area contributed by atoms with Gasteiger partial charge in [-0.05, 0) is 6.42 Å². The highest BCUT2D eigenvalue weighted by atomic mass is 32.1. The van der Waals surface area contributed by atoms with Crippen LogP contribution in [0, 0.1) is 0 Å². The third kappa shape index (κ3) is 4.13. The molecule has 0 aliphatic heterocycles. The molecule has 1 N–H and O–H groups in total. The molecule has 0 atom stereocenters. The Morgan fingerprint density at radius 1 is 1.00 bits per heavy atom. The van der Waals surface area contributed by atoms with Gasteiger partial charge in [0.2, 0.25) is 0 Å². The van der Waals surface area contributed by atoms with E-state index in [0.717, 1.165) is 11.9 Å². The van der Waals surface area contributed by atoms with Crippen LogP contribution in [0.25, 0.3) is 11.0 Å². The molecule has 2 heterocycles. The van der Waals surface area contributed by atoms with Crippen molar-refractivity contribution >= 4 is 22.4 Å². The van der Waals surface area contributed by atoms with Crippen LogP contribution in [-0.2, 0) is 6.42 Å². The van der Waals surface area contributed by atoms with E-state index >= 15 is 0 Å². The molecule has 0 bridgehead atoms. The fourth-order valence-corrected chi connectivity index (χ4v) is 3.04. The molecule has 0 unspecified atom stereocenters. The first-order valence-electron chi connectivity index (χ1n) is 7.31. The minimum absolute atomic E-state index is 1.11. The predicted molar refractivity (Wildman–Crippen MR) is 80.3 cm³/mol. The fourth-order valence-electron chi connectivity index (χ4n) is 2.34. The van der Waals surface area contributed by atoms with Gasteiger partial charge < -0.3 is 4.98 Å². The average molecular weight is 264 g/mol. The van der Waals surface area contributed by atoms with Crippen molar-refractivity contribution in [1.29, 1.82) is 0 Å². The van der Waals surface area contributed by atoms with Gasteiger partial charge in [0.1, 0.15) is 5.82 Å². The zero-order chi connectivity index (χ0) is 12.6. The number of fused-ring (bicyclic) bond motifs is 1. The highest BCUT2D eigenvalue weighted by Gasteiger charge is 2.02. The second-order valence-electron chi connectivity index (χ2n) is 5.08. The number of thiophene rings is 1. The lowest BCUT2D eigenvalue weighted by Crippen LogP contribution is -1.88. The standard InChI is InChI=1S/C15H24N2S/c1-2-3-4-5-6-7-8-9-10-15-16-13-11-18-12-14(13)17-15/h11-12H,2-10H2,1H3,(H,16,17). The maximum Gasteiger partial charge on any atom is 0.107 e. The Kier molecular flexibility index (Phi) is 5.72. The number of unbranched alkanes of at least 4 members (excludes halogenated alkanes) is 7. The first-order chi connectivity index (χ1) is 8.90. The van der Waals surface area contributed by atoms with Gasteiger partial charge in [0, 0.05) is 17.2 Å². The summed E-state index contributed by atoms with van der Waals surface area (Å²) in [5.74, 6) is 1.17. The van der Waals surface area contributed by atoms with Crippen molar-refractivity contribution in [3.8, 4) is 0 Å². The molecule has 2 aromatic heterocycles. The molecular formula is C15H24N2S. The highest BCUT2D eigenvalue weighted by Crippen LogP contribution is 2.17. The van der Waals surface area contributed by atoms with E-state index in [0.29, 0.717) is 0 Å². The van der Waals surface area contributed by atoms with Gasteiger partial charge in [-0.25, -0.2) is 4.98 Å². The Bertz CT molecular complexity index is 415. The normalized spacial score (nSPS) is 11.4. The molecule has 2 rings (SSSR count). The fraction of sp³-hybridized carbons (Fsp3) is 0.667. The Morgan fingerprint density at radius 2 is 1.72 bits per heavy atom. The van der Waals surface area contributed by atoms with Crippen LogP contribution in [-0.4, -0.2) is 9.97 Å². The second kappa shape index (κ2) is 7.57. The maximum atomic E-state index is 4.59. The van der Waals surface area contributed by atoms with E-state index in [1.165, 1.54) is 62.7 Å². The molecule has 2 aromatic rings. The molecule has 2 nitrogen and oxygen atoms in total. The summed E-state index contributed by atoms with van der Waals surface area (Å²) in [4.78, 5) is 7.98. The van der Waals surface area contributed by atoms with Gasteiger partial charge in [-0.2, -0.15) is 0 Å². The molecule has 0 aromatic carbocycles. The van der Waals surface area contributed by atoms with Gasteiger partial charge in [-0.1, -0.05) is 51.9 Å². The lowest BCUT2D eigenvalue weighted by Gasteiger charge is -2.00. The topological polar surface area (TPSA) is 28.7 Å². The van der Waals surface area contributed by atoms with Crippen LogP contribution in [0.5, 0.6) is 0 Å². The predicted octanol–water partition coefficient (Wildman–Crippen LogP) is 5.31. The number of aromatic amines is 1. The Hall–Kier alpha value is -0.830. The SMILES string of the molecule is CCCCCCCCCCc1nc2cscc2[nH]1. The summed E-state index contributed by atoms with van der Waals surface area (Å²) in [7, 11) is 0. The number of H-pyrrole nitrogens is 1. The van der Waals surface area contributed by atoms with Crippen LogP contribution in [0.1, 0.15) is 64.1 Å². The highest BCUT2D eigenvalue weighted by molar-refractivity contribution is 7.09. The van der Waals surface area contributed by atoms with Crippen molar-refractivity contribution in [3.63, 3.8) is 0 Å². The van der Waals surface area contributed by atoms with Crippen molar-refractivity contribution in [2.75, 3.05) is 0 Å². The number of hydrogen-bond acceptors (Lipinski definition) is 2. The molecule has 0 saturated carbocycles. The van der Waals surface area contributed by atoms with Gasteiger partial charge in [0.05, 0.1) is 11.0 Å². The van der Waals surface area contributed by atoms with Crippen LogP contribution in [0.15, 0.2) is 10.8 Å². The van der Waals surface area contributed by atoms with Crippen LogP contribution >= 0.6 is 11.3 Å². The maximum absolute atomic E-state index is 4.59. The van der Waals surface area contributed by atoms with E-state index in [4.69, 9.17) is 0 Å². The molecule has 0 spiro atoms. The molecule has 0 aliphatic carbocycles. The monoisotopic (exact) mass is 264 g/mol. The van der Waals surface area contributed by atoms with Crippen molar-refractivity contribution in [2.45, 2.75) is 64.7 Å². The first-order valence-corrected chi connectivity index (χ1v) is 8.25. The third-order valence-electron chi connectivity index (χ3n) is 3.44. The zero-order valence-corrected chi connectivity index (χ0v) is 12.2. The van der Waals surface area contributed by atoms with Gasteiger partial charge in [-0.3, -0.25) is 0 Å². The lowest BCUT2D eigenvalue weighted by molar-refractivity contribution is 0.573. The number of imidazole rings is 1. The molecular weight excluding hydrogens is 240 g/mol. The smallest absolute Gasteiger partial charge is 0.107 e. The summed E-state index contributed by atoms with van der Waals surface area (Å²) in [6.45, 7) is 2.27. The van der Waals surface area contributed by atoms with Gasteiger partial charge in [0.25, 0.3) is 0 Å². The van der Waals surface area contributed by atoms with E-state index in [1.807, 2.05) is 0 Å². The van der Waals surface area contributed by atoms with Gasteiger partial charge in [-0.15, -0.1) is 11.3 Å². The summed E-state index contributed by atoms with van der Waals surface area (Å²) >= 11 is 1.72. The van der Waals surface area contributed by atoms with Crippen molar-refractivity contribution < 1.29 is 0 Å². The molecule has 0 amide bonds. The zero-order valence-electron chi connectivity index (χ0n) is 11.4. The summed E-state index contributed by atoms with van der Waals surface area (Å²) in [5.41, 5.74) is 2.34. The minimum Gasteiger partial charge on any atom is -0.341 e. The number of nitrogens with one attached hydrogen (secondary N) is 1. The van der Waals surface area contributed by atoms with Crippen molar-refractivity contribution in [3.05, 3.63) is 16.6 Å². The quantitative estimate of drug-likeness (QED) is 0.611. The van der Waals surface area contributed by atoms with Crippen LogP contribution in [0.4, 0.5) is 0 Å². The molecule has 0 aliphatic rings. The molecule has 0 fully saturated rings. The van der Waals surface area contributed by atoms with E-state index in [1.54, 1.807) is 11.3 Å². The first kappa shape index (κ1) is 13.6. The van der Waals surface area contributed by atoms with Crippen LogP contribution in [0.2, 0.25) is 0 Å². The molecule has 100 valence electrons. The van der Waals surface area contributed by atoms with Crippen molar-refractivity contribution in [2.24, 2.45) is 0 Å². The summed E-state index contributed by atoms with van der Waals surface area (Å²) < 4.78 is 0. The number of hydrogen-bond donors (Lipinski definition) is 1. The third-order valence-corrected chi connectivity index (χ3v) is 4.17. The number of aryl methyl sites for hydroxylation is 1. The largest absolute Gasteiger partial charge is 0.341 e. The van der Waals surface area contributed by atoms with E-state index in [9.17, 15) is 0 Å². The number of rotatable bonds is 9. The lowest BCUT2D eigenvalue weighted by atomic mass is 10.1. The van der Waals surface area contributed by atoms with E-state index in [2.05, 4.69) is 27.7 Å². The van der Waals surface area contributed by atoms with Crippen LogP contribution in [0.3, 0.4) is 0 Å². The van der Waals surface area contributed by atoms with Gasteiger partial charge >= 0.3 is 0 Å². The summed E-state index contributed by atoms with van der Waals surface area (Å²) in [6.07, 6.45) is 12.1. The minimum atomic E-state index is 1.11. The Balaban J connectivity index is 1.54. The van der Waals surface area contributed by atoms with E-state index in [-0.39, 0.29) is 0 Å².